The SMILES string of the molecule is CC(C)(N)C(=O)NCC(C)(C)S(C)(=O)=O. The third kappa shape index (κ3) is 4.17. The Bertz CT molecular complexity index is 339. The largest absolute Gasteiger partial charge is 0.353 e. The summed E-state index contributed by atoms with van der Waals surface area (Å²) in [5.41, 5.74) is 4.56. The van der Waals surface area contributed by atoms with Crippen molar-refractivity contribution in [3.8, 4) is 0 Å². The highest BCUT2D eigenvalue weighted by Crippen LogP contribution is 2.13. The van der Waals surface area contributed by atoms with Crippen molar-refractivity contribution < 1.29 is 13.2 Å². The molecule has 0 aromatic heterocycles. The zero-order valence-corrected chi connectivity index (χ0v) is 10.7. The fourth-order valence-electron chi connectivity index (χ4n) is 0.652. The zero-order chi connectivity index (χ0) is 12.5. The van der Waals surface area contributed by atoms with Crippen molar-refractivity contribution in [3.63, 3.8) is 0 Å². The Kier molecular flexibility index (Phi) is 3.93. The van der Waals surface area contributed by atoms with Gasteiger partial charge in [0.15, 0.2) is 9.84 Å². The maximum atomic E-state index is 11.4. The first-order valence-electron chi connectivity index (χ1n) is 4.65. The van der Waals surface area contributed by atoms with Gasteiger partial charge in [-0.1, -0.05) is 0 Å². The summed E-state index contributed by atoms with van der Waals surface area (Å²) in [6.45, 7) is 6.31. The van der Waals surface area contributed by atoms with Gasteiger partial charge in [-0.3, -0.25) is 4.79 Å². The van der Waals surface area contributed by atoms with Crippen LogP contribution < -0.4 is 11.1 Å². The minimum atomic E-state index is -3.20. The van der Waals surface area contributed by atoms with Gasteiger partial charge in [-0.05, 0) is 27.7 Å². The van der Waals surface area contributed by atoms with Crippen LogP contribution in [0.3, 0.4) is 0 Å². The summed E-state index contributed by atoms with van der Waals surface area (Å²) in [4.78, 5) is 11.4. The molecule has 1 amide bonds. The molecule has 0 saturated heterocycles. The minimum Gasteiger partial charge on any atom is -0.353 e. The molecule has 0 spiro atoms. The molecule has 0 atom stereocenters. The number of nitrogens with two attached hydrogens (primary N) is 1. The highest BCUT2D eigenvalue weighted by molar-refractivity contribution is 7.92. The van der Waals surface area contributed by atoms with Gasteiger partial charge in [0, 0.05) is 12.8 Å². The van der Waals surface area contributed by atoms with Crippen LogP contribution in [-0.4, -0.2) is 37.4 Å². The predicted molar refractivity (Wildman–Crippen MR) is 60.2 cm³/mol. The van der Waals surface area contributed by atoms with Gasteiger partial charge in [0.05, 0.1) is 10.3 Å². The molecule has 0 bridgehead atoms. The average molecular weight is 236 g/mol. The van der Waals surface area contributed by atoms with E-state index in [1.54, 1.807) is 27.7 Å². The third-order valence-electron chi connectivity index (χ3n) is 2.26. The van der Waals surface area contributed by atoms with E-state index in [2.05, 4.69) is 5.32 Å². The predicted octanol–water partition coefficient (Wildman–Crippen LogP) is -0.337. The van der Waals surface area contributed by atoms with E-state index in [1.165, 1.54) is 0 Å². The summed E-state index contributed by atoms with van der Waals surface area (Å²) in [6.07, 6.45) is 1.15. The van der Waals surface area contributed by atoms with Crippen molar-refractivity contribution in [3.05, 3.63) is 0 Å². The Morgan fingerprint density at radius 1 is 1.27 bits per heavy atom. The minimum absolute atomic E-state index is 0.0608. The van der Waals surface area contributed by atoms with Gasteiger partial charge in [-0.15, -0.1) is 0 Å². The van der Waals surface area contributed by atoms with Crippen molar-refractivity contribution in [2.45, 2.75) is 38.0 Å². The number of hydrogen-bond acceptors (Lipinski definition) is 4. The first-order valence-corrected chi connectivity index (χ1v) is 6.54. The van der Waals surface area contributed by atoms with Crippen molar-refractivity contribution in [2.75, 3.05) is 12.8 Å². The fourth-order valence-corrected chi connectivity index (χ4v) is 0.986. The van der Waals surface area contributed by atoms with Crippen LogP contribution in [0.1, 0.15) is 27.7 Å². The molecule has 0 radical (unpaired) electrons. The smallest absolute Gasteiger partial charge is 0.239 e. The average Bonchev–Trinajstić information content (AvgIpc) is 1.96. The number of rotatable bonds is 4. The van der Waals surface area contributed by atoms with E-state index in [1.807, 2.05) is 0 Å². The molecular weight excluding hydrogens is 216 g/mol. The number of hydrogen-bond donors (Lipinski definition) is 2. The fraction of sp³-hybridized carbons (Fsp3) is 0.889. The summed E-state index contributed by atoms with van der Waals surface area (Å²) in [7, 11) is -3.20. The highest BCUT2D eigenvalue weighted by Gasteiger charge is 2.32. The summed E-state index contributed by atoms with van der Waals surface area (Å²) in [5.74, 6) is -0.362. The van der Waals surface area contributed by atoms with Gasteiger partial charge in [0.25, 0.3) is 0 Å². The van der Waals surface area contributed by atoms with Crippen LogP contribution in [0, 0.1) is 0 Å². The van der Waals surface area contributed by atoms with Crippen LogP contribution in [0.4, 0.5) is 0 Å². The number of carbonyl (C=O) groups is 1. The molecule has 0 aliphatic heterocycles. The molecule has 3 N–H and O–H groups in total. The number of carbonyl (C=O) groups excluding carboxylic acids is 1. The second-order valence-corrected chi connectivity index (χ2v) is 7.59. The second-order valence-electron chi connectivity index (χ2n) is 4.94. The molecule has 0 aromatic carbocycles. The maximum Gasteiger partial charge on any atom is 0.239 e. The molecule has 0 aliphatic carbocycles. The summed E-state index contributed by atoms with van der Waals surface area (Å²) >= 11 is 0. The number of nitrogens with one attached hydrogen (secondary N) is 1. The molecule has 0 fully saturated rings. The van der Waals surface area contributed by atoms with Gasteiger partial charge < -0.3 is 11.1 Å². The standard InChI is InChI=1S/C9H20N2O3S/c1-8(2,15(5,13)14)6-11-7(12)9(3,4)10/h6,10H2,1-5H3,(H,11,12). The van der Waals surface area contributed by atoms with Gasteiger partial charge >= 0.3 is 0 Å². The Hall–Kier alpha value is -0.620. The van der Waals surface area contributed by atoms with Gasteiger partial charge in [-0.2, -0.15) is 0 Å². The molecule has 0 aromatic rings. The lowest BCUT2D eigenvalue weighted by Gasteiger charge is -2.25. The van der Waals surface area contributed by atoms with Crippen LogP contribution in [0.5, 0.6) is 0 Å². The van der Waals surface area contributed by atoms with E-state index in [9.17, 15) is 13.2 Å². The third-order valence-corrected chi connectivity index (χ3v) is 4.42. The van der Waals surface area contributed by atoms with E-state index in [4.69, 9.17) is 5.73 Å². The molecule has 0 rings (SSSR count). The Labute approximate surface area is 91.3 Å². The second kappa shape index (κ2) is 4.09. The Morgan fingerprint density at radius 3 is 1.93 bits per heavy atom. The lowest BCUT2D eigenvalue weighted by atomic mass is 10.1. The molecule has 0 heterocycles. The molecular formula is C9H20N2O3S. The molecule has 0 unspecified atom stereocenters. The molecule has 0 aliphatic rings. The highest BCUT2D eigenvalue weighted by atomic mass is 32.2. The van der Waals surface area contributed by atoms with Crippen LogP contribution >= 0.6 is 0 Å². The lowest BCUT2D eigenvalue weighted by Crippen LogP contribution is -2.53. The first-order chi connectivity index (χ1) is 6.38. The molecule has 0 saturated carbocycles. The van der Waals surface area contributed by atoms with E-state index < -0.39 is 20.1 Å². The summed E-state index contributed by atoms with van der Waals surface area (Å²) in [5, 5.41) is 2.53. The molecule has 6 heteroatoms. The summed E-state index contributed by atoms with van der Waals surface area (Å²) in [6, 6.07) is 0. The maximum absolute atomic E-state index is 11.4. The van der Waals surface area contributed by atoms with Crippen LogP contribution in [0.15, 0.2) is 0 Å². The molecule has 5 nitrogen and oxygen atoms in total. The van der Waals surface area contributed by atoms with Crippen LogP contribution in [-0.2, 0) is 14.6 Å². The van der Waals surface area contributed by atoms with Gasteiger partial charge in [0.2, 0.25) is 5.91 Å². The van der Waals surface area contributed by atoms with Crippen LogP contribution in [0.2, 0.25) is 0 Å². The monoisotopic (exact) mass is 236 g/mol. The number of sulfone groups is 1. The quantitative estimate of drug-likeness (QED) is 0.699. The van der Waals surface area contributed by atoms with Gasteiger partial charge in [0.1, 0.15) is 0 Å². The van der Waals surface area contributed by atoms with Gasteiger partial charge in [-0.25, -0.2) is 8.42 Å². The Balaban J connectivity index is 4.49. The zero-order valence-electron chi connectivity index (χ0n) is 9.92. The van der Waals surface area contributed by atoms with E-state index >= 15 is 0 Å². The molecule has 90 valence electrons. The summed E-state index contributed by atoms with van der Waals surface area (Å²) < 4.78 is 21.7. The first kappa shape index (κ1) is 14.4. The van der Waals surface area contributed by atoms with Crippen molar-refractivity contribution in [2.24, 2.45) is 5.73 Å². The molecule has 15 heavy (non-hydrogen) atoms. The topological polar surface area (TPSA) is 89.3 Å². The number of amides is 1. The van der Waals surface area contributed by atoms with E-state index in [0.717, 1.165) is 6.26 Å². The normalized spacial score (nSPS) is 13.7. The van der Waals surface area contributed by atoms with Crippen LogP contribution in [0.25, 0.3) is 0 Å². The van der Waals surface area contributed by atoms with Crippen molar-refractivity contribution >= 4 is 15.7 Å². The Morgan fingerprint density at radius 2 is 1.67 bits per heavy atom. The van der Waals surface area contributed by atoms with E-state index in [-0.39, 0.29) is 12.5 Å². The van der Waals surface area contributed by atoms with Crippen molar-refractivity contribution in [1.29, 1.82) is 0 Å². The lowest BCUT2D eigenvalue weighted by molar-refractivity contribution is -0.125. The van der Waals surface area contributed by atoms with Crippen molar-refractivity contribution in [1.82, 2.24) is 5.32 Å². The van der Waals surface area contributed by atoms with E-state index in [0.29, 0.717) is 0 Å².